The summed E-state index contributed by atoms with van der Waals surface area (Å²) in [6.07, 6.45) is -1.13. The number of anilines is 1. The predicted molar refractivity (Wildman–Crippen MR) is 135 cm³/mol. The predicted octanol–water partition coefficient (Wildman–Crippen LogP) is 3.85. The van der Waals surface area contributed by atoms with Crippen LogP contribution in [0.1, 0.15) is 45.7 Å². The van der Waals surface area contributed by atoms with Crippen LogP contribution in [0.2, 0.25) is 0 Å². The summed E-state index contributed by atoms with van der Waals surface area (Å²) in [5.41, 5.74) is 2.68. The minimum absolute atomic E-state index is 0.0109. The molecule has 0 fully saturated rings. The highest BCUT2D eigenvalue weighted by Gasteiger charge is 2.38. The van der Waals surface area contributed by atoms with Crippen LogP contribution in [0.15, 0.2) is 54.6 Å². The van der Waals surface area contributed by atoms with Gasteiger partial charge in [-0.2, -0.15) is 0 Å². The summed E-state index contributed by atoms with van der Waals surface area (Å²) in [6, 6.07) is 16.9. The van der Waals surface area contributed by atoms with Crippen molar-refractivity contribution in [2.45, 2.75) is 26.1 Å². The summed E-state index contributed by atoms with van der Waals surface area (Å²) in [6.45, 7) is 5.21. The zero-order chi connectivity index (χ0) is 24.2. The number of carbonyl (C=O) groups is 2. The summed E-state index contributed by atoms with van der Waals surface area (Å²) >= 11 is 1.29. The topological polar surface area (TPSA) is 90.9 Å². The summed E-state index contributed by atoms with van der Waals surface area (Å²) in [5, 5.41) is 17.6. The fourth-order valence-corrected chi connectivity index (χ4v) is 5.32. The third-order valence-electron chi connectivity index (χ3n) is 5.69. The van der Waals surface area contributed by atoms with E-state index in [-0.39, 0.29) is 18.2 Å². The molecule has 1 aliphatic heterocycles. The number of amides is 1. The average Bonchev–Trinajstić information content (AvgIpc) is 3.25. The highest BCUT2D eigenvalue weighted by molar-refractivity contribution is 7.18. The zero-order valence-corrected chi connectivity index (χ0v) is 20.3. The lowest BCUT2D eigenvalue weighted by molar-refractivity contribution is 0.0947. The Morgan fingerprint density at radius 3 is 2.50 bits per heavy atom. The fraction of sp³-hybridized carbons (Fsp3) is 0.308. The molecular formula is C26H29N3O4S. The molecule has 7 nitrogen and oxygen atoms in total. The summed E-state index contributed by atoms with van der Waals surface area (Å²) in [4.78, 5) is 28.8. The summed E-state index contributed by atoms with van der Waals surface area (Å²) in [7, 11) is 1.49. The lowest BCUT2D eigenvalue weighted by atomic mass is 9.98. The number of thiophene rings is 1. The SMILES string of the molecule is COc1c(C(=O)NCCNC(C)C)sc2c1C(O)N(CC(=O)c1ccccc1)c1ccccc1-2. The maximum atomic E-state index is 13.0. The lowest BCUT2D eigenvalue weighted by Gasteiger charge is -2.35. The van der Waals surface area contributed by atoms with Gasteiger partial charge in [0.1, 0.15) is 4.88 Å². The van der Waals surface area contributed by atoms with Crippen molar-refractivity contribution in [2.75, 3.05) is 31.6 Å². The Bertz CT molecular complexity index is 1180. The van der Waals surface area contributed by atoms with Crippen molar-refractivity contribution < 1.29 is 19.4 Å². The zero-order valence-electron chi connectivity index (χ0n) is 19.5. The number of hydrogen-bond acceptors (Lipinski definition) is 7. The standard InChI is InChI=1S/C26H29N3O4S/c1-16(2)27-13-14-28-25(31)24-22(33-3)21-23(34-24)18-11-7-8-12-19(18)29(26(21)32)15-20(30)17-9-5-4-6-10-17/h4-12,16,26-27,32H,13-15H2,1-3H3,(H,28,31). The van der Waals surface area contributed by atoms with Crippen molar-refractivity contribution in [3.63, 3.8) is 0 Å². The van der Waals surface area contributed by atoms with Crippen molar-refractivity contribution in [3.8, 4) is 16.2 Å². The molecule has 1 amide bonds. The van der Waals surface area contributed by atoms with Crippen LogP contribution in [0, 0.1) is 0 Å². The molecule has 0 aliphatic carbocycles. The average molecular weight is 480 g/mol. The van der Waals surface area contributed by atoms with Crippen molar-refractivity contribution in [3.05, 3.63) is 70.6 Å². The maximum Gasteiger partial charge on any atom is 0.265 e. The highest BCUT2D eigenvalue weighted by Crippen LogP contribution is 2.52. The van der Waals surface area contributed by atoms with E-state index < -0.39 is 6.23 Å². The van der Waals surface area contributed by atoms with Gasteiger partial charge in [0.15, 0.2) is 17.8 Å². The molecule has 0 spiro atoms. The number of para-hydroxylation sites is 1. The molecule has 3 aromatic rings. The molecule has 34 heavy (non-hydrogen) atoms. The van der Waals surface area contributed by atoms with E-state index in [4.69, 9.17) is 4.74 Å². The van der Waals surface area contributed by atoms with E-state index in [1.165, 1.54) is 18.4 Å². The normalized spacial score (nSPS) is 14.5. The number of hydrogen-bond donors (Lipinski definition) is 3. The van der Waals surface area contributed by atoms with Crippen LogP contribution in [0.3, 0.4) is 0 Å². The van der Waals surface area contributed by atoms with Gasteiger partial charge in [-0.1, -0.05) is 62.4 Å². The van der Waals surface area contributed by atoms with E-state index in [0.29, 0.717) is 40.9 Å². The van der Waals surface area contributed by atoms with Crippen molar-refractivity contribution in [1.82, 2.24) is 10.6 Å². The van der Waals surface area contributed by atoms with Crippen LogP contribution in [0.5, 0.6) is 5.75 Å². The number of rotatable bonds is 9. The fourth-order valence-electron chi connectivity index (χ4n) is 4.08. The number of nitrogens with zero attached hydrogens (tertiary/aromatic N) is 1. The minimum Gasteiger partial charge on any atom is -0.495 e. The van der Waals surface area contributed by atoms with E-state index in [9.17, 15) is 14.7 Å². The quantitative estimate of drug-likeness (QED) is 0.319. The largest absolute Gasteiger partial charge is 0.495 e. The van der Waals surface area contributed by atoms with Gasteiger partial charge in [0.25, 0.3) is 5.91 Å². The van der Waals surface area contributed by atoms with Crippen molar-refractivity contribution in [1.29, 1.82) is 0 Å². The van der Waals surface area contributed by atoms with Crippen molar-refractivity contribution in [2.24, 2.45) is 0 Å². The molecule has 0 saturated carbocycles. The molecule has 2 aromatic carbocycles. The first-order valence-electron chi connectivity index (χ1n) is 11.3. The summed E-state index contributed by atoms with van der Waals surface area (Å²) < 4.78 is 5.64. The van der Waals surface area contributed by atoms with Crippen LogP contribution >= 0.6 is 11.3 Å². The van der Waals surface area contributed by atoms with Crippen molar-refractivity contribution >= 4 is 28.7 Å². The van der Waals surface area contributed by atoms with Gasteiger partial charge < -0.3 is 25.4 Å². The van der Waals surface area contributed by atoms with E-state index in [2.05, 4.69) is 10.6 Å². The van der Waals surface area contributed by atoms with Crippen LogP contribution in [0.4, 0.5) is 5.69 Å². The molecule has 3 N–H and O–H groups in total. The van der Waals surface area contributed by atoms with Crippen LogP contribution in [-0.2, 0) is 0 Å². The number of fused-ring (bicyclic) bond motifs is 3. The van der Waals surface area contributed by atoms with Gasteiger partial charge in [-0.05, 0) is 6.07 Å². The number of aliphatic hydroxyl groups excluding tert-OH is 1. The first kappa shape index (κ1) is 23.9. The number of Topliss-reactive ketones (excluding diaryl/α,β-unsaturated/α-hetero) is 1. The van der Waals surface area contributed by atoms with Crippen LogP contribution in [-0.4, -0.2) is 49.6 Å². The van der Waals surface area contributed by atoms with E-state index in [1.54, 1.807) is 17.0 Å². The second kappa shape index (κ2) is 10.4. The van der Waals surface area contributed by atoms with Gasteiger partial charge in [-0.15, -0.1) is 11.3 Å². The number of ether oxygens (including phenoxy) is 1. The van der Waals surface area contributed by atoms with Gasteiger partial charge in [0.2, 0.25) is 0 Å². The maximum absolute atomic E-state index is 13.0. The monoisotopic (exact) mass is 479 g/mol. The lowest BCUT2D eigenvalue weighted by Crippen LogP contribution is -2.36. The Balaban J connectivity index is 1.67. The molecule has 1 unspecified atom stereocenters. The molecule has 178 valence electrons. The van der Waals surface area contributed by atoms with Gasteiger partial charge in [-0.25, -0.2) is 0 Å². The first-order chi connectivity index (χ1) is 16.4. The Labute approximate surface area is 203 Å². The molecule has 1 atom stereocenters. The van der Waals surface area contributed by atoms with Gasteiger partial charge in [-0.3, -0.25) is 9.59 Å². The summed E-state index contributed by atoms with van der Waals surface area (Å²) in [5.74, 6) is -0.0189. The van der Waals surface area contributed by atoms with Crippen LogP contribution in [0.25, 0.3) is 10.4 Å². The second-order valence-electron chi connectivity index (χ2n) is 8.38. The van der Waals surface area contributed by atoms with Gasteiger partial charge >= 0.3 is 0 Å². The number of aliphatic hydroxyl groups is 1. The Morgan fingerprint density at radius 1 is 1.09 bits per heavy atom. The number of ketones is 1. The third kappa shape index (κ3) is 4.70. The first-order valence-corrected chi connectivity index (χ1v) is 12.1. The van der Waals surface area contributed by atoms with E-state index in [1.807, 2.05) is 56.3 Å². The Kier molecular flexibility index (Phi) is 7.31. The molecule has 8 heteroatoms. The van der Waals surface area contributed by atoms with Crippen LogP contribution < -0.4 is 20.3 Å². The Hall–Kier alpha value is -3.20. The Morgan fingerprint density at radius 2 is 1.79 bits per heavy atom. The van der Waals surface area contributed by atoms with E-state index >= 15 is 0 Å². The molecular weight excluding hydrogens is 450 g/mol. The number of nitrogens with one attached hydrogen (secondary N) is 2. The highest BCUT2D eigenvalue weighted by atomic mass is 32.1. The molecule has 1 aromatic heterocycles. The minimum atomic E-state index is -1.13. The van der Waals surface area contributed by atoms with E-state index in [0.717, 1.165) is 16.1 Å². The van der Waals surface area contributed by atoms with Gasteiger partial charge in [0.05, 0.1) is 19.2 Å². The molecule has 0 saturated heterocycles. The molecule has 0 bridgehead atoms. The molecule has 1 aliphatic rings. The third-order valence-corrected chi connectivity index (χ3v) is 6.91. The second-order valence-corrected chi connectivity index (χ2v) is 9.40. The molecule has 0 radical (unpaired) electrons. The smallest absolute Gasteiger partial charge is 0.265 e. The number of carbonyl (C=O) groups excluding carboxylic acids is 2. The van der Waals surface area contributed by atoms with Gasteiger partial charge in [0, 0.05) is 40.8 Å². The number of benzene rings is 2. The molecule has 4 rings (SSSR count). The molecule has 2 heterocycles. The number of methoxy groups -OCH3 is 1.